The Morgan fingerprint density at radius 2 is 1.94 bits per heavy atom. The summed E-state index contributed by atoms with van der Waals surface area (Å²) in [4.78, 5) is 28.0. The van der Waals surface area contributed by atoms with Crippen LogP contribution in [-0.2, 0) is 4.79 Å². The summed E-state index contributed by atoms with van der Waals surface area (Å²) in [5.41, 5.74) is 1.37. The van der Waals surface area contributed by atoms with E-state index in [9.17, 15) is 9.59 Å². The number of nitrogens with zero attached hydrogens (tertiary/aromatic N) is 1. The Kier molecular flexibility index (Phi) is 7.80. The van der Waals surface area contributed by atoms with Crippen LogP contribution in [0.4, 0.5) is 0 Å². The molecule has 7 heteroatoms. The fourth-order valence-corrected chi connectivity index (χ4v) is 4.19. The predicted octanol–water partition coefficient (Wildman–Crippen LogP) is 4.13. The SMILES string of the molecule is CCCCNC(=O)[C@H]1CN(C(=O)c2cccc(Cl)c2)C[C@H]1c1cc(OC)ccc1OC. The van der Waals surface area contributed by atoms with Gasteiger partial charge in [0.05, 0.1) is 20.1 Å². The number of nitrogens with one attached hydrogen (secondary N) is 1. The van der Waals surface area contributed by atoms with Crippen molar-refractivity contribution in [2.24, 2.45) is 5.92 Å². The molecule has 0 spiro atoms. The summed E-state index contributed by atoms with van der Waals surface area (Å²) >= 11 is 6.08. The second-order valence-electron chi connectivity index (χ2n) is 7.69. The molecule has 2 atom stereocenters. The zero-order chi connectivity index (χ0) is 22.4. The monoisotopic (exact) mass is 444 g/mol. The number of rotatable bonds is 8. The third kappa shape index (κ3) is 5.31. The molecule has 166 valence electrons. The molecular weight excluding hydrogens is 416 g/mol. The second-order valence-corrected chi connectivity index (χ2v) is 8.12. The van der Waals surface area contributed by atoms with Gasteiger partial charge in [-0.2, -0.15) is 0 Å². The normalized spacial score (nSPS) is 18.0. The number of benzene rings is 2. The van der Waals surface area contributed by atoms with Crippen molar-refractivity contribution < 1.29 is 19.1 Å². The van der Waals surface area contributed by atoms with E-state index in [0.29, 0.717) is 41.7 Å². The minimum Gasteiger partial charge on any atom is -0.497 e. The number of methoxy groups -OCH3 is 2. The molecular formula is C24H29ClN2O4. The lowest BCUT2D eigenvalue weighted by atomic mass is 9.87. The summed E-state index contributed by atoms with van der Waals surface area (Å²) in [5, 5.41) is 3.53. The van der Waals surface area contributed by atoms with Crippen LogP contribution in [0.3, 0.4) is 0 Å². The average molecular weight is 445 g/mol. The summed E-state index contributed by atoms with van der Waals surface area (Å²) in [6.45, 7) is 3.43. The number of hydrogen-bond donors (Lipinski definition) is 1. The van der Waals surface area contributed by atoms with E-state index in [1.807, 2.05) is 18.2 Å². The Morgan fingerprint density at radius 3 is 2.61 bits per heavy atom. The van der Waals surface area contributed by atoms with Crippen LogP contribution < -0.4 is 14.8 Å². The first-order chi connectivity index (χ1) is 15.0. The molecule has 0 aliphatic carbocycles. The van der Waals surface area contributed by atoms with Gasteiger partial charge in [0.1, 0.15) is 11.5 Å². The lowest BCUT2D eigenvalue weighted by Gasteiger charge is -2.21. The van der Waals surface area contributed by atoms with Gasteiger partial charge in [-0.3, -0.25) is 9.59 Å². The number of halogens is 1. The molecule has 3 rings (SSSR count). The zero-order valence-corrected chi connectivity index (χ0v) is 18.9. The predicted molar refractivity (Wildman–Crippen MR) is 121 cm³/mol. The molecule has 0 bridgehead atoms. The van der Waals surface area contributed by atoms with Gasteiger partial charge in [-0.1, -0.05) is 31.0 Å². The number of ether oxygens (including phenoxy) is 2. The van der Waals surface area contributed by atoms with Gasteiger partial charge in [0, 0.05) is 41.7 Å². The van der Waals surface area contributed by atoms with Gasteiger partial charge in [0.15, 0.2) is 0 Å². The average Bonchev–Trinajstić information content (AvgIpc) is 3.23. The van der Waals surface area contributed by atoms with E-state index in [-0.39, 0.29) is 23.7 Å². The van der Waals surface area contributed by atoms with Crippen LogP contribution in [0.15, 0.2) is 42.5 Å². The largest absolute Gasteiger partial charge is 0.497 e. The highest BCUT2D eigenvalue weighted by Crippen LogP contribution is 2.40. The fraction of sp³-hybridized carbons (Fsp3) is 0.417. The van der Waals surface area contributed by atoms with Crippen molar-refractivity contribution in [1.29, 1.82) is 0 Å². The molecule has 1 heterocycles. The zero-order valence-electron chi connectivity index (χ0n) is 18.2. The van der Waals surface area contributed by atoms with E-state index in [1.54, 1.807) is 43.4 Å². The van der Waals surface area contributed by atoms with Gasteiger partial charge in [-0.05, 0) is 42.8 Å². The van der Waals surface area contributed by atoms with Gasteiger partial charge in [-0.15, -0.1) is 0 Å². The van der Waals surface area contributed by atoms with Gasteiger partial charge < -0.3 is 19.7 Å². The molecule has 31 heavy (non-hydrogen) atoms. The molecule has 2 aromatic carbocycles. The summed E-state index contributed by atoms with van der Waals surface area (Å²) in [6, 6.07) is 12.4. The molecule has 0 saturated carbocycles. The number of hydrogen-bond acceptors (Lipinski definition) is 4. The molecule has 0 unspecified atom stereocenters. The van der Waals surface area contributed by atoms with Crippen molar-refractivity contribution in [3.05, 3.63) is 58.6 Å². The number of carbonyl (C=O) groups is 2. The van der Waals surface area contributed by atoms with Crippen molar-refractivity contribution in [2.45, 2.75) is 25.7 Å². The number of unbranched alkanes of at least 4 members (excludes halogenated alkanes) is 1. The first kappa shape index (κ1) is 22.9. The number of carbonyl (C=O) groups excluding carboxylic acids is 2. The smallest absolute Gasteiger partial charge is 0.253 e. The van der Waals surface area contributed by atoms with Gasteiger partial charge >= 0.3 is 0 Å². The third-order valence-electron chi connectivity index (χ3n) is 5.68. The maximum absolute atomic E-state index is 13.2. The van der Waals surface area contributed by atoms with E-state index in [4.69, 9.17) is 21.1 Å². The highest BCUT2D eigenvalue weighted by molar-refractivity contribution is 6.30. The standard InChI is InChI=1S/C24H29ClN2O4/c1-4-5-11-26-23(28)21-15-27(24(29)16-7-6-8-17(25)12-16)14-20(21)19-13-18(30-2)9-10-22(19)31-3/h6-10,12-13,20-21H,4-5,11,14-15H2,1-3H3,(H,26,28)/t20-,21-/m0/s1. The molecule has 1 aliphatic rings. The molecule has 0 radical (unpaired) electrons. The van der Waals surface area contributed by atoms with Crippen molar-refractivity contribution in [2.75, 3.05) is 33.9 Å². The minimum atomic E-state index is -0.388. The molecule has 2 aromatic rings. The van der Waals surface area contributed by atoms with Gasteiger partial charge in [0.25, 0.3) is 5.91 Å². The Balaban J connectivity index is 1.92. The minimum absolute atomic E-state index is 0.0512. The number of likely N-dealkylation sites (tertiary alicyclic amines) is 1. The Morgan fingerprint density at radius 1 is 1.13 bits per heavy atom. The van der Waals surface area contributed by atoms with Crippen LogP contribution in [0, 0.1) is 5.92 Å². The summed E-state index contributed by atoms with van der Waals surface area (Å²) in [7, 11) is 3.20. The Hall–Kier alpha value is -2.73. The van der Waals surface area contributed by atoms with Crippen molar-refractivity contribution in [1.82, 2.24) is 10.2 Å². The van der Waals surface area contributed by atoms with Crippen LogP contribution in [-0.4, -0.2) is 50.6 Å². The van der Waals surface area contributed by atoms with Crippen LogP contribution in [0.1, 0.15) is 41.6 Å². The van der Waals surface area contributed by atoms with Crippen molar-refractivity contribution >= 4 is 23.4 Å². The van der Waals surface area contributed by atoms with E-state index in [1.165, 1.54) is 0 Å². The van der Waals surface area contributed by atoms with E-state index in [2.05, 4.69) is 12.2 Å². The van der Waals surface area contributed by atoms with Crippen LogP contribution in [0.5, 0.6) is 11.5 Å². The van der Waals surface area contributed by atoms with Crippen LogP contribution >= 0.6 is 11.6 Å². The molecule has 1 N–H and O–H groups in total. The van der Waals surface area contributed by atoms with E-state index in [0.717, 1.165) is 18.4 Å². The molecule has 1 aliphatic heterocycles. The van der Waals surface area contributed by atoms with E-state index >= 15 is 0 Å². The first-order valence-electron chi connectivity index (χ1n) is 10.5. The van der Waals surface area contributed by atoms with Crippen LogP contribution in [0.2, 0.25) is 5.02 Å². The fourth-order valence-electron chi connectivity index (χ4n) is 4.00. The van der Waals surface area contributed by atoms with Gasteiger partial charge in [-0.25, -0.2) is 0 Å². The van der Waals surface area contributed by atoms with Gasteiger partial charge in [0.2, 0.25) is 5.91 Å². The Labute approximate surface area is 188 Å². The third-order valence-corrected chi connectivity index (χ3v) is 5.92. The van der Waals surface area contributed by atoms with E-state index < -0.39 is 0 Å². The highest BCUT2D eigenvalue weighted by atomic mass is 35.5. The maximum atomic E-state index is 13.2. The van der Waals surface area contributed by atoms with Crippen LogP contribution in [0.25, 0.3) is 0 Å². The molecule has 1 fully saturated rings. The highest BCUT2D eigenvalue weighted by Gasteiger charge is 2.41. The lowest BCUT2D eigenvalue weighted by molar-refractivity contribution is -0.124. The quantitative estimate of drug-likeness (QED) is 0.621. The molecule has 2 amide bonds. The second kappa shape index (κ2) is 10.5. The summed E-state index contributed by atoms with van der Waals surface area (Å²) in [5.74, 6) is 0.563. The Bertz CT molecular complexity index is 934. The maximum Gasteiger partial charge on any atom is 0.253 e. The molecule has 0 aromatic heterocycles. The van der Waals surface area contributed by atoms with Crippen molar-refractivity contribution in [3.63, 3.8) is 0 Å². The first-order valence-corrected chi connectivity index (χ1v) is 10.9. The van der Waals surface area contributed by atoms with Crippen molar-refractivity contribution in [3.8, 4) is 11.5 Å². The summed E-state index contributed by atoms with van der Waals surface area (Å²) in [6.07, 6.45) is 1.91. The molecule has 1 saturated heterocycles. The summed E-state index contributed by atoms with van der Waals surface area (Å²) < 4.78 is 11.0. The topological polar surface area (TPSA) is 67.9 Å². The number of amides is 2. The molecule has 6 nitrogen and oxygen atoms in total. The lowest BCUT2D eigenvalue weighted by Crippen LogP contribution is -2.36.